The minimum absolute atomic E-state index is 0.120. The Morgan fingerprint density at radius 3 is 2.78 bits per heavy atom. The van der Waals surface area contributed by atoms with Gasteiger partial charge in [0.15, 0.2) is 0 Å². The number of anilines is 1. The Balaban J connectivity index is 1.74. The Labute approximate surface area is 133 Å². The summed E-state index contributed by atoms with van der Waals surface area (Å²) in [6.07, 6.45) is 1.91. The molecule has 1 aliphatic rings. The lowest BCUT2D eigenvalue weighted by molar-refractivity contribution is 0.0659. The zero-order valence-electron chi connectivity index (χ0n) is 12.9. The third kappa shape index (κ3) is 3.06. The second kappa shape index (κ2) is 6.16. The molecule has 0 saturated carbocycles. The van der Waals surface area contributed by atoms with E-state index in [4.69, 9.17) is 9.52 Å². The van der Waals surface area contributed by atoms with Crippen LogP contribution in [0.15, 0.2) is 40.8 Å². The fourth-order valence-electron chi connectivity index (χ4n) is 2.82. The Kier molecular flexibility index (Phi) is 4.06. The van der Waals surface area contributed by atoms with E-state index >= 15 is 0 Å². The summed E-state index contributed by atoms with van der Waals surface area (Å²) >= 11 is 0. The van der Waals surface area contributed by atoms with Crippen molar-refractivity contribution in [2.45, 2.75) is 19.4 Å². The van der Waals surface area contributed by atoms with Gasteiger partial charge in [-0.2, -0.15) is 0 Å². The van der Waals surface area contributed by atoms with Crippen molar-refractivity contribution in [1.29, 1.82) is 0 Å². The number of carbonyl (C=O) groups excluding carboxylic acids is 1. The van der Waals surface area contributed by atoms with Crippen LogP contribution in [0.4, 0.5) is 10.5 Å². The molecule has 0 aliphatic carbocycles. The first-order valence-corrected chi connectivity index (χ1v) is 7.49. The lowest BCUT2D eigenvalue weighted by Gasteiger charge is -2.32. The van der Waals surface area contributed by atoms with Gasteiger partial charge in [0.05, 0.1) is 6.54 Å². The summed E-state index contributed by atoms with van der Waals surface area (Å²) < 4.78 is 5.21. The van der Waals surface area contributed by atoms with Gasteiger partial charge in [0.1, 0.15) is 5.76 Å². The van der Waals surface area contributed by atoms with Crippen LogP contribution in [0.2, 0.25) is 0 Å². The molecule has 0 saturated heterocycles. The Bertz CT molecular complexity index is 738. The molecule has 23 heavy (non-hydrogen) atoms. The van der Waals surface area contributed by atoms with Gasteiger partial charge in [-0.25, -0.2) is 9.59 Å². The predicted molar refractivity (Wildman–Crippen MR) is 84.6 cm³/mol. The average molecular weight is 314 g/mol. The van der Waals surface area contributed by atoms with E-state index < -0.39 is 5.97 Å². The number of aromatic carboxylic acids is 1. The number of carboxylic acid groups (broad SMARTS) is 1. The molecule has 0 atom stereocenters. The number of hydrogen-bond acceptors (Lipinski definition) is 3. The number of benzene rings is 1. The highest BCUT2D eigenvalue weighted by Crippen LogP contribution is 2.27. The third-order valence-electron chi connectivity index (χ3n) is 3.93. The minimum Gasteiger partial charge on any atom is -0.475 e. The molecule has 1 aromatic carbocycles. The van der Waals surface area contributed by atoms with Crippen molar-refractivity contribution in [3.63, 3.8) is 0 Å². The van der Waals surface area contributed by atoms with Crippen LogP contribution in [0.3, 0.4) is 0 Å². The number of amides is 2. The number of aryl methyl sites for hydroxylation is 1. The molecular formula is C17H18N2O4. The Morgan fingerprint density at radius 1 is 1.26 bits per heavy atom. The van der Waals surface area contributed by atoms with Gasteiger partial charge in [0, 0.05) is 19.3 Å². The number of urea groups is 1. The number of hydrogen-bond donors (Lipinski definition) is 1. The molecule has 0 bridgehead atoms. The van der Waals surface area contributed by atoms with Crippen molar-refractivity contribution < 1.29 is 19.1 Å². The molecule has 1 aromatic heterocycles. The summed E-state index contributed by atoms with van der Waals surface area (Å²) in [5.74, 6) is -0.789. The van der Waals surface area contributed by atoms with Gasteiger partial charge < -0.3 is 14.4 Å². The highest BCUT2D eigenvalue weighted by molar-refractivity contribution is 5.93. The highest BCUT2D eigenvalue weighted by Gasteiger charge is 2.25. The van der Waals surface area contributed by atoms with Crippen LogP contribution in [0.5, 0.6) is 0 Å². The molecular weight excluding hydrogens is 296 g/mol. The van der Waals surface area contributed by atoms with E-state index in [0.717, 1.165) is 18.5 Å². The summed E-state index contributed by atoms with van der Waals surface area (Å²) in [7, 11) is 1.68. The molecule has 2 amide bonds. The first-order valence-electron chi connectivity index (χ1n) is 7.49. The average Bonchev–Trinajstić information content (AvgIpc) is 3.02. The number of para-hydroxylation sites is 1. The lowest BCUT2D eigenvalue weighted by atomic mass is 10.0. The molecule has 6 nitrogen and oxygen atoms in total. The first-order chi connectivity index (χ1) is 11.1. The van der Waals surface area contributed by atoms with Crippen molar-refractivity contribution in [2.24, 2.45) is 0 Å². The number of nitrogens with zero attached hydrogens (tertiary/aromatic N) is 2. The van der Waals surface area contributed by atoms with Crippen molar-refractivity contribution in [1.82, 2.24) is 4.90 Å². The van der Waals surface area contributed by atoms with Crippen molar-refractivity contribution in [2.75, 3.05) is 18.5 Å². The number of fused-ring (bicyclic) bond motifs is 1. The van der Waals surface area contributed by atoms with Gasteiger partial charge in [-0.15, -0.1) is 0 Å². The van der Waals surface area contributed by atoms with E-state index in [1.165, 1.54) is 16.5 Å². The largest absolute Gasteiger partial charge is 0.475 e. The van der Waals surface area contributed by atoms with Crippen LogP contribution >= 0.6 is 0 Å². The van der Waals surface area contributed by atoms with Crippen LogP contribution in [-0.2, 0) is 13.0 Å². The number of furan rings is 1. The molecule has 2 heterocycles. The van der Waals surface area contributed by atoms with Crippen molar-refractivity contribution in [3.8, 4) is 0 Å². The van der Waals surface area contributed by atoms with Crippen LogP contribution < -0.4 is 4.90 Å². The summed E-state index contributed by atoms with van der Waals surface area (Å²) in [4.78, 5) is 26.8. The second-order valence-electron chi connectivity index (χ2n) is 5.59. The number of carbonyl (C=O) groups is 2. The van der Waals surface area contributed by atoms with Crippen LogP contribution in [0.1, 0.15) is 28.3 Å². The standard InChI is InChI=1S/C17H18N2O4/c1-18(11-13-8-9-15(23-13)16(20)21)17(22)19-10-4-6-12-5-2-3-7-14(12)19/h2-3,5,7-9H,4,6,10-11H2,1H3,(H,20,21). The van der Waals surface area contributed by atoms with Crippen molar-refractivity contribution >= 4 is 17.7 Å². The van der Waals surface area contributed by atoms with E-state index in [9.17, 15) is 9.59 Å². The fourth-order valence-corrected chi connectivity index (χ4v) is 2.82. The quantitative estimate of drug-likeness (QED) is 0.945. The maximum absolute atomic E-state index is 12.7. The van der Waals surface area contributed by atoms with Gasteiger partial charge in [-0.1, -0.05) is 18.2 Å². The summed E-state index contributed by atoms with van der Waals surface area (Å²) in [6, 6.07) is 10.8. The lowest BCUT2D eigenvalue weighted by Crippen LogP contribution is -2.43. The van der Waals surface area contributed by atoms with E-state index in [1.807, 2.05) is 24.3 Å². The zero-order chi connectivity index (χ0) is 16.4. The molecule has 0 fully saturated rings. The zero-order valence-corrected chi connectivity index (χ0v) is 12.9. The van der Waals surface area contributed by atoms with Crippen LogP contribution in [0, 0.1) is 0 Å². The topological polar surface area (TPSA) is 74.0 Å². The molecule has 2 aromatic rings. The molecule has 0 unspecified atom stereocenters. The Hall–Kier alpha value is -2.76. The smallest absolute Gasteiger partial charge is 0.371 e. The van der Waals surface area contributed by atoms with Gasteiger partial charge in [-0.05, 0) is 36.6 Å². The number of rotatable bonds is 3. The van der Waals surface area contributed by atoms with E-state index in [2.05, 4.69) is 0 Å². The predicted octanol–water partition coefficient (Wildman–Crippen LogP) is 2.98. The first kappa shape index (κ1) is 15.1. The van der Waals surface area contributed by atoms with Crippen LogP contribution in [0.25, 0.3) is 0 Å². The maximum atomic E-state index is 12.7. The maximum Gasteiger partial charge on any atom is 0.371 e. The normalized spacial score (nSPS) is 13.5. The molecule has 1 N–H and O–H groups in total. The molecule has 3 rings (SSSR count). The van der Waals surface area contributed by atoms with Gasteiger partial charge in [-0.3, -0.25) is 4.90 Å². The van der Waals surface area contributed by atoms with Crippen molar-refractivity contribution in [3.05, 3.63) is 53.5 Å². The highest BCUT2D eigenvalue weighted by atomic mass is 16.4. The molecule has 6 heteroatoms. The Morgan fingerprint density at radius 2 is 2.04 bits per heavy atom. The van der Waals surface area contributed by atoms with E-state index in [-0.39, 0.29) is 18.3 Å². The monoisotopic (exact) mass is 314 g/mol. The van der Waals surface area contributed by atoms with Gasteiger partial charge >= 0.3 is 12.0 Å². The fraction of sp³-hybridized carbons (Fsp3) is 0.294. The third-order valence-corrected chi connectivity index (χ3v) is 3.93. The molecule has 0 radical (unpaired) electrons. The summed E-state index contributed by atoms with van der Waals surface area (Å²) in [5.41, 5.74) is 2.12. The van der Waals surface area contributed by atoms with Gasteiger partial charge in [0.25, 0.3) is 0 Å². The van der Waals surface area contributed by atoms with Gasteiger partial charge in [0.2, 0.25) is 5.76 Å². The summed E-state index contributed by atoms with van der Waals surface area (Å²) in [5, 5.41) is 8.87. The minimum atomic E-state index is -1.12. The number of carboxylic acids is 1. The van der Waals surface area contributed by atoms with Crippen LogP contribution in [-0.4, -0.2) is 35.6 Å². The molecule has 0 spiro atoms. The molecule has 1 aliphatic heterocycles. The van der Waals surface area contributed by atoms with E-state index in [0.29, 0.717) is 12.3 Å². The molecule has 120 valence electrons. The van der Waals surface area contributed by atoms with E-state index in [1.54, 1.807) is 18.0 Å². The summed E-state index contributed by atoms with van der Waals surface area (Å²) in [6.45, 7) is 0.906. The second-order valence-corrected chi connectivity index (χ2v) is 5.59. The SMILES string of the molecule is CN(Cc1ccc(C(=O)O)o1)C(=O)N1CCCc2ccccc21.